The van der Waals surface area contributed by atoms with Crippen molar-refractivity contribution in [1.82, 2.24) is 0 Å². The third-order valence-corrected chi connectivity index (χ3v) is 3.96. The Morgan fingerprint density at radius 3 is 1.25 bits per heavy atom. The fourth-order valence-electron chi connectivity index (χ4n) is 0. The average Bonchev–Trinajstić information content (AvgIpc) is 1.25. The molecule has 0 aliphatic carbocycles. The zero-order valence-corrected chi connectivity index (χ0v) is 6.88. The van der Waals surface area contributed by atoms with Gasteiger partial charge in [-0.15, -0.1) is 10.4 Å². The second-order valence-electron chi connectivity index (χ2n) is 3.16. The molecule has 0 saturated carbocycles. The van der Waals surface area contributed by atoms with Crippen molar-refractivity contribution in [2.45, 2.75) is 25.5 Å². The number of rotatable bonds is 0. The van der Waals surface area contributed by atoms with Gasteiger partial charge in [0.1, 0.15) is 0 Å². The Bertz CT molecular complexity index is 65.4. The molecule has 4 N–H and O–H groups in total. The van der Waals surface area contributed by atoms with Gasteiger partial charge in [0.15, 0.2) is 0 Å². The summed E-state index contributed by atoms with van der Waals surface area (Å²) < 4.78 is 0.0764. The highest BCUT2D eigenvalue weighted by Crippen LogP contribution is 2.40. The van der Waals surface area contributed by atoms with Crippen LogP contribution < -0.4 is 10.3 Å². The molecule has 0 atom stereocenters. The Kier molecular flexibility index (Phi) is 1.96. The normalized spacial score (nSPS) is 16.2. The van der Waals surface area contributed by atoms with Gasteiger partial charge in [-0.05, 0) is 6.26 Å². The minimum atomic E-state index is -1.34. The number of hydrogen-bond acceptors (Lipinski definition) is 2. The van der Waals surface area contributed by atoms with Gasteiger partial charge in [0.05, 0.1) is 0 Å². The molecule has 0 aliphatic heterocycles. The Balaban J connectivity index is 4.02. The number of hydrogen-bond donors (Lipinski definition) is 2. The smallest absolute Gasteiger partial charge is 0.0148 e. The summed E-state index contributed by atoms with van der Waals surface area (Å²) >= 11 is 0. The third-order valence-electron chi connectivity index (χ3n) is 1.32. The zero-order valence-electron chi connectivity index (χ0n) is 6.06. The summed E-state index contributed by atoms with van der Waals surface area (Å²) in [6.45, 7) is 6.17. The van der Waals surface area contributed by atoms with Crippen LogP contribution in [0.25, 0.3) is 0 Å². The molecular weight excluding hydrogens is 120 g/mol. The molecule has 0 bridgehead atoms. The van der Waals surface area contributed by atoms with Crippen molar-refractivity contribution < 1.29 is 0 Å². The van der Waals surface area contributed by atoms with E-state index in [0.717, 1.165) is 0 Å². The Hall–Kier alpha value is 0.270. The molecule has 0 aliphatic rings. The van der Waals surface area contributed by atoms with Crippen LogP contribution in [-0.2, 0) is 0 Å². The van der Waals surface area contributed by atoms with Gasteiger partial charge in [-0.3, -0.25) is 10.3 Å². The van der Waals surface area contributed by atoms with Crippen LogP contribution >= 0.6 is 10.4 Å². The van der Waals surface area contributed by atoms with Crippen molar-refractivity contribution >= 4 is 10.4 Å². The van der Waals surface area contributed by atoms with Gasteiger partial charge >= 0.3 is 0 Å². The fourth-order valence-corrected chi connectivity index (χ4v) is 0. The second-order valence-corrected chi connectivity index (χ2v) is 6.48. The summed E-state index contributed by atoms with van der Waals surface area (Å²) in [6.07, 6.45) is 1.91. The van der Waals surface area contributed by atoms with Crippen LogP contribution in [0.1, 0.15) is 20.8 Å². The van der Waals surface area contributed by atoms with Crippen molar-refractivity contribution in [3.8, 4) is 0 Å². The number of nitrogens with two attached hydrogens (primary N) is 2. The highest BCUT2D eigenvalue weighted by molar-refractivity contribution is 8.30. The van der Waals surface area contributed by atoms with Crippen LogP contribution in [-0.4, -0.2) is 11.0 Å². The first-order valence-electron chi connectivity index (χ1n) is 2.58. The molecule has 2 nitrogen and oxygen atoms in total. The monoisotopic (exact) mass is 136 g/mol. The molecule has 0 aromatic rings. The fraction of sp³-hybridized carbons (Fsp3) is 1.00. The van der Waals surface area contributed by atoms with E-state index in [9.17, 15) is 0 Å². The summed E-state index contributed by atoms with van der Waals surface area (Å²) in [5, 5.41) is 11.3. The highest BCUT2D eigenvalue weighted by atomic mass is 32.3. The van der Waals surface area contributed by atoms with Crippen molar-refractivity contribution in [3.63, 3.8) is 0 Å². The molecule has 0 fully saturated rings. The van der Waals surface area contributed by atoms with Crippen LogP contribution in [0.15, 0.2) is 0 Å². The van der Waals surface area contributed by atoms with Gasteiger partial charge in [-0.2, -0.15) is 0 Å². The molecule has 3 heteroatoms. The quantitative estimate of drug-likeness (QED) is 0.521. The largest absolute Gasteiger partial charge is 0.283 e. The Morgan fingerprint density at radius 1 is 1.12 bits per heavy atom. The highest BCUT2D eigenvalue weighted by Gasteiger charge is 2.23. The maximum Gasteiger partial charge on any atom is 0.0148 e. The van der Waals surface area contributed by atoms with Gasteiger partial charge in [0.25, 0.3) is 0 Å². The Morgan fingerprint density at radius 2 is 1.25 bits per heavy atom. The molecule has 8 heavy (non-hydrogen) atoms. The molecule has 0 saturated heterocycles. The summed E-state index contributed by atoms with van der Waals surface area (Å²) in [6, 6.07) is 0. The summed E-state index contributed by atoms with van der Waals surface area (Å²) in [5.74, 6) is 0. The van der Waals surface area contributed by atoms with Crippen LogP contribution in [0.2, 0.25) is 0 Å². The molecule has 0 spiro atoms. The van der Waals surface area contributed by atoms with E-state index in [1.807, 2.05) is 6.26 Å². The van der Waals surface area contributed by atoms with Crippen LogP contribution in [0.3, 0.4) is 0 Å². The van der Waals surface area contributed by atoms with Gasteiger partial charge in [0, 0.05) is 4.75 Å². The minimum absolute atomic E-state index is 0.0764. The molecular formula is C5H16N2S. The van der Waals surface area contributed by atoms with Gasteiger partial charge < -0.3 is 0 Å². The second kappa shape index (κ2) is 1.90. The molecule has 0 rings (SSSR count). The molecule has 0 amide bonds. The lowest BCUT2D eigenvalue weighted by atomic mass is 10.3. The summed E-state index contributed by atoms with van der Waals surface area (Å²) in [5.41, 5.74) is 0. The van der Waals surface area contributed by atoms with E-state index in [4.69, 9.17) is 10.3 Å². The average molecular weight is 136 g/mol. The van der Waals surface area contributed by atoms with Crippen LogP contribution in [0.5, 0.6) is 0 Å². The molecule has 0 aromatic carbocycles. The van der Waals surface area contributed by atoms with E-state index in [2.05, 4.69) is 20.8 Å². The van der Waals surface area contributed by atoms with Crippen molar-refractivity contribution in [2.75, 3.05) is 6.26 Å². The van der Waals surface area contributed by atoms with Crippen molar-refractivity contribution in [2.24, 2.45) is 10.3 Å². The maximum atomic E-state index is 5.67. The van der Waals surface area contributed by atoms with E-state index in [1.165, 1.54) is 0 Å². The molecule has 0 radical (unpaired) electrons. The first kappa shape index (κ1) is 8.27. The van der Waals surface area contributed by atoms with E-state index in [-0.39, 0.29) is 4.75 Å². The maximum absolute atomic E-state index is 5.67. The standard InChI is InChI=1S/C5H16N2S/c1-5(2,3)8(4,6)7/h6-7H2,1-4H3. The predicted octanol–water partition coefficient (Wildman–Crippen LogP) is 0.967. The lowest BCUT2D eigenvalue weighted by molar-refractivity contribution is 0.785. The lowest BCUT2D eigenvalue weighted by Crippen LogP contribution is -2.36. The lowest BCUT2D eigenvalue weighted by Gasteiger charge is -2.39. The molecule has 52 valence electrons. The minimum Gasteiger partial charge on any atom is -0.283 e. The van der Waals surface area contributed by atoms with Gasteiger partial charge in [0.2, 0.25) is 0 Å². The van der Waals surface area contributed by atoms with E-state index in [1.54, 1.807) is 0 Å². The van der Waals surface area contributed by atoms with Crippen LogP contribution in [0, 0.1) is 0 Å². The Labute approximate surface area is 53.2 Å². The van der Waals surface area contributed by atoms with E-state index < -0.39 is 10.4 Å². The molecule has 0 heterocycles. The van der Waals surface area contributed by atoms with Crippen molar-refractivity contribution in [1.29, 1.82) is 0 Å². The SMILES string of the molecule is CC(C)(C)S(C)(N)N. The van der Waals surface area contributed by atoms with Gasteiger partial charge in [-0.1, -0.05) is 20.8 Å². The van der Waals surface area contributed by atoms with E-state index in [0.29, 0.717) is 0 Å². The molecule has 0 aromatic heterocycles. The predicted molar refractivity (Wildman–Crippen MR) is 41.6 cm³/mol. The van der Waals surface area contributed by atoms with E-state index >= 15 is 0 Å². The zero-order chi connectivity index (χ0) is 7.00. The van der Waals surface area contributed by atoms with Crippen molar-refractivity contribution in [3.05, 3.63) is 0 Å². The summed E-state index contributed by atoms with van der Waals surface area (Å²) in [4.78, 5) is 0. The van der Waals surface area contributed by atoms with Crippen LogP contribution in [0.4, 0.5) is 0 Å². The first-order chi connectivity index (χ1) is 3.25. The topological polar surface area (TPSA) is 52.0 Å². The third kappa shape index (κ3) is 2.03. The van der Waals surface area contributed by atoms with Gasteiger partial charge in [-0.25, -0.2) is 0 Å². The molecule has 0 unspecified atom stereocenters. The summed E-state index contributed by atoms with van der Waals surface area (Å²) in [7, 11) is -1.34. The first-order valence-corrected chi connectivity index (χ1v) is 4.75.